The molecule has 5 nitrogen and oxygen atoms in total. The van der Waals surface area contributed by atoms with Crippen molar-refractivity contribution in [1.82, 2.24) is 0 Å². The molecule has 0 fully saturated rings. The molecule has 0 saturated heterocycles. The second-order valence-corrected chi connectivity index (χ2v) is 5.25. The first kappa shape index (κ1) is 12.7. The summed E-state index contributed by atoms with van der Waals surface area (Å²) in [6.45, 7) is 0. The van der Waals surface area contributed by atoms with Crippen molar-refractivity contribution in [3.8, 4) is 0 Å². The Bertz CT molecular complexity index is 456. The molecule has 6 heteroatoms. The minimum absolute atomic E-state index is 0.109. The van der Waals surface area contributed by atoms with Gasteiger partial charge in [-0.15, -0.1) is 0 Å². The first-order valence-corrected chi connectivity index (χ1v) is 6.37. The number of sulfonamides is 1. The molecule has 0 spiro atoms. The van der Waals surface area contributed by atoms with Crippen LogP contribution in [0.4, 0.5) is 0 Å². The number of carbonyl (C=O) groups is 1. The zero-order chi connectivity index (χ0) is 12.2. The molecule has 0 radical (unpaired) electrons. The highest BCUT2D eigenvalue weighted by Crippen LogP contribution is 2.08. The molecule has 1 atom stereocenters. The van der Waals surface area contributed by atoms with Gasteiger partial charge in [-0.2, -0.15) is 0 Å². The molecule has 1 amide bonds. The van der Waals surface area contributed by atoms with Gasteiger partial charge in [0.05, 0.1) is 0 Å². The van der Waals surface area contributed by atoms with Crippen LogP contribution in [0.1, 0.15) is 12.0 Å². The van der Waals surface area contributed by atoms with Crippen molar-refractivity contribution in [2.24, 2.45) is 10.9 Å². The normalized spacial score (nSPS) is 13.3. The van der Waals surface area contributed by atoms with Crippen LogP contribution < -0.4 is 10.9 Å². The lowest BCUT2D eigenvalue weighted by Crippen LogP contribution is -2.40. The van der Waals surface area contributed by atoms with Gasteiger partial charge < -0.3 is 5.73 Å². The maximum Gasteiger partial charge on any atom is 0.237 e. The summed E-state index contributed by atoms with van der Waals surface area (Å²) < 4.78 is 22.1. The summed E-state index contributed by atoms with van der Waals surface area (Å²) in [5.74, 6) is -0.904. The molecule has 0 aromatic heterocycles. The third-order valence-electron chi connectivity index (χ3n) is 2.25. The highest BCUT2D eigenvalue weighted by atomic mass is 32.2. The molecule has 1 unspecified atom stereocenters. The number of amides is 1. The number of nitrogens with two attached hydrogens (primary N) is 2. The summed E-state index contributed by atoms with van der Waals surface area (Å²) in [6.07, 6.45) is 0.559. The van der Waals surface area contributed by atoms with E-state index < -0.39 is 21.2 Å². The van der Waals surface area contributed by atoms with E-state index in [0.717, 1.165) is 5.56 Å². The minimum Gasteiger partial charge on any atom is -0.369 e. The molecule has 0 saturated carbocycles. The Balaban J connectivity index is 2.69. The molecular formula is C10H14N2O3S. The van der Waals surface area contributed by atoms with Crippen molar-refractivity contribution in [3.63, 3.8) is 0 Å². The van der Waals surface area contributed by atoms with Gasteiger partial charge in [0.15, 0.2) is 5.25 Å². The van der Waals surface area contributed by atoms with Crippen molar-refractivity contribution >= 4 is 15.9 Å². The molecule has 0 aliphatic rings. The smallest absolute Gasteiger partial charge is 0.237 e. The number of rotatable bonds is 5. The summed E-state index contributed by atoms with van der Waals surface area (Å²) in [6, 6.07) is 9.23. The predicted octanol–water partition coefficient (Wildman–Crippen LogP) is -0.238. The Kier molecular flexibility index (Phi) is 4.03. The van der Waals surface area contributed by atoms with Gasteiger partial charge in [-0.25, -0.2) is 13.6 Å². The van der Waals surface area contributed by atoms with Crippen LogP contribution >= 0.6 is 0 Å². The Morgan fingerprint density at radius 3 is 2.25 bits per heavy atom. The van der Waals surface area contributed by atoms with Gasteiger partial charge in [-0.05, 0) is 18.4 Å². The molecule has 0 aliphatic heterocycles. The van der Waals surface area contributed by atoms with Crippen LogP contribution in [0, 0.1) is 0 Å². The lowest BCUT2D eigenvalue weighted by atomic mass is 10.1. The lowest BCUT2D eigenvalue weighted by molar-refractivity contribution is -0.117. The highest BCUT2D eigenvalue weighted by molar-refractivity contribution is 7.90. The highest BCUT2D eigenvalue weighted by Gasteiger charge is 2.26. The Labute approximate surface area is 94.5 Å². The third-order valence-corrected chi connectivity index (χ3v) is 3.51. The Morgan fingerprint density at radius 1 is 1.25 bits per heavy atom. The Morgan fingerprint density at radius 2 is 1.81 bits per heavy atom. The third kappa shape index (κ3) is 3.63. The number of benzene rings is 1. The molecule has 1 aromatic rings. The molecular weight excluding hydrogens is 228 g/mol. The van der Waals surface area contributed by atoms with Crippen molar-refractivity contribution in [3.05, 3.63) is 35.9 Å². The second kappa shape index (κ2) is 5.09. The fraction of sp³-hybridized carbons (Fsp3) is 0.300. The Hall–Kier alpha value is -1.40. The van der Waals surface area contributed by atoms with Gasteiger partial charge in [0.2, 0.25) is 15.9 Å². The van der Waals surface area contributed by atoms with Crippen LogP contribution in [-0.4, -0.2) is 19.6 Å². The van der Waals surface area contributed by atoms with Gasteiger partial charge in [0, 0.05) is 0 Å². The average molecular weight is 242 g/mol. The van der Waals surface area contributed by atoms with E-state index in [1.54, 1.807) is 0 Å². The largest absolute Gasteiger partial charge is 0.369 e. The van der Waals surface area contributed by atoms with E-state index in [1.165, 1.54) is 0 Å². The summed E-state index contributed by atoms with van der Waals surface area (Å²) in [7, 11) is -3.91. The second-order valence-electron chi connectivity index (χ2n) is 3.50. The van der Waals surface area contributed by atoms with E-state index in [0.29, 0.717) is 6.42 Å². The average Bonchev–Trinajstić information content (AvgIpc) is 2.17. The fourth-order valence-electron chi connectivity index (χ4n) is 1.41. The van der Waals surface area contributed by atoms with Crippen molar-refractivity contribution in [2.45, 2.75) is 18.1 Å². The van der Waals surface area contributed by atoms with Crippen LogP contribution in [0.25, 0.3) is 0 Å². The molecule has 1 aromatic carbocycles. The summed E-state index contributed by atoms with van der Waals surface area (Å²) >= 11 is 0. The van der Waals surface area contributed by atoms with Crippen molar-refractivity contribution in [2.75, 3.05) is 0 Å². The number of aryl methyl sites for hydroxylation is 1. The SMILES string of the molecule is NC(=O)C(CCc1ccccc1)S(N)(=O)=O. The van der Waals surface area contributed by atoms with E-state index in [2.05, 4.69) is 0 Å². The van der Waals surface area contributed by atoms with Crippen LogP contribution in [0.15, 0.2) is 30.3 Å². The van der Waals surface area contributed by atoms with Crippen LogP contribution in [0.2, 0.25) is 0 Å². The van der Waals surface area contributed by atoms with Crippen molar-refractivity contribution in [1.29, 1.82) is 0 Å². The maximum absolute atomic E-state index is 11.1. The van der Waals surface area contributed by atoms with Gasteiger partial charge in [0.1, 0.15) is 0 Å². The molecule has 88 valence electrons. The van der Waals surface area contributed by atoms with Gasteiger partial charge in [0.25, 0.3) is 0 Å². The standard InChI is InChI=1S/C10H14N2O3S/c11-10(13)9(16(12,14)15)7-6-8-4-2-1-3-5-8/h1-5,9H,6-7H2,(H2,11,13)(H2,12,14,15). The van der Waals surface area contributed by atoms with E-state index in [9.17, 15) is 13.2 Å². The number of primary amides is 1. The molecule has 0 bridgehead atoms. The van der Waals surface area contributed by atoms with E-state index in [-0.39, 0.29) is 6.42 Å². The topological polar surface area (TPSA) is 103 Å². The van der Waals surface area contributed by atoms with Crippen LogP contribution in [-0.2, 0) is 21.2 Å². The number of carbonyl (C=O) groups excluding carboxylic acids is 1. The lowest BCUT2D eigenvalue weighted by Gasteiger charge is -2.10. The summed E-state index contributed by atoms with van der Waals surface area (Å²) in [5.41, 5.74) is 5.93. The first-order chi connectivity index (χ1) is 7.41. The summed E-state index contributed by atoms with van der Waals surface area (Å²) in [5, 5.41) is 3.60. The quantitative estimate of drug-likeness (QED) is 0.744. The van der Waals surface area contributed by atoms with Crippen molar-refractivity contribution < 1.29 is 13.2 Å². The van der Waals surface area contributed by atoms with Crippen LogP contribution in [0.5, 0.6) is 0 Å². The number of primary sulfonamides is 1. The van der Waals surface area contributed by atoms with Gasteiger partial charge in [-0.3, -0.25) is 4.79 Å². The molecule has 16 heavy (non-hydrogen) atoms. The number of hydrogen-bond donors (Lipinski definition) is 2. The molecule has 4 N–H and O–H groups in total. The zero-order valence-electron chi connectivity index (χ0n) is 8.67. The summed E-state index contributed by atoms with van der Waals surface area (Å²) in [4.78, 5) is 10.9. The monoisotopic (exact) mass is 242 g/mol. The predicted molar refractivity (Wildman–Crippen MR) is 60.9 cm³/mol. The van der Waals surface area contributed by atoms with E-state index in [1.807, 2.05) is 30.3 Å². The van der Waals surface area contributed by atoms with Gasteiger partial charge in [-0.1, -0.05) is 30.3 Å². The van der Waals surface area contributed by atoms with Crippen LogP contribution in [0.3, 0.4) is 0 Å². The van der Waals surface area contributed by atoms with E-state index in [4.69, 9.17) is 10.9 Å². The fourth-order valence-corrected chi connectivity index (χ4v) is 2.18. The maximum atomic E-state index is 11.1. The van der Waals surface area contributed by atoms with E-state index >= 15 is 0 Å². The number of hydrogen-bond acceptors (Lipinski definition) is 3. The molecule has 1 rings (SSSR count). The first-order valence-electron chi connectivity index (χ1n) is 4.76. The zero-order valence-corrected chi connectivity index (χ0v) is 9.48. The molecule has 0 heterocycles. The molecule has 0 aliphatic carbocycles. The minimum atomic E-state index is -3.91. The van der Waals surface area contributed by atoms with Gasteiger partial charge >= 0.3 is 0 Å².